The molecule has 4 aromatic rings. The monoisotopic (exact) mass is 517 g/mol. The first-order valence-corrected chi connectivity index (χ1v) is 12.8. The maximum atomic E-state index is 14.4. The number of hydrogen-bond donors (Lipinski definition) is 1. The van der Waals surface area contributed by atoms with Crippen molar-refractivity contribution >= 4 is 34.5 Å². The predicted molar refractivity (Wildman–Crippen MR) is 131 cm³/mol. The van der Waals surface area contributed by atoms with Gasteiger partial charge in [0.1, 0.15) is 12.1 Å². The molecule has 1 fully saturated rings. The van der Waals surface area contributed by atoms with Crippen LogP contribution in [0.5, 0.6) is 0 Å². The maximum Gasteiger partial charge on any atom is 0.259 e. The molecule has 1 atom stereocenters. The van der Waals surface area contributed by atoms with Crippen LogP contribution in [0, 0.1) is 11.6 Å². The van der Waals surface area contributed by atoms with E-state index >= 15 is 0 Å². The molecule has 0 spiro atoms. The van der Waals surface area contributed by atoms with E-state index in [0.29, 0.717) is 56.0 Å². The quantitative estimate of drug-likeness (QED) is 0.361. The Balaban J connectivity index is 1.20. The highest BCUT2D eigenvalue weighted by molar-refractivity contribution is 7.90. The summed E-state index contributed by atoms with van der Waals surface area (Å²) in [5, 5.41) is 4.30. The van der Waals surface area contributed by atoms with Crippen molar-refractivity contribution in [2.24, 2.45) is 0 Å². The van der Waals surface area contributed by atoms with E-state index in [0.717, 1.165) is 12.6 Å². The van der Waals surface area contributed by atoms with E-state index in [4.69, 9.17) is 10.2 Å². The maximum absolute atomic E-state index is 14.4. The number of nitrogens with zero attached hydrogens (tertiary/aromatic N) is 8. The molecule has 36 heavy (non-hydrogen) atoms. The van der Waals surface area contributed by atoms with Crippen LogP contribution in [0.25, 0.3) is 17.4 Å². The summed E-state index contributed by atoms with van der Waals surface area (Å²) in [4.78, 5) is 19.2. The molecule has 1 saturated heterocycles. The first-order valence-electron chi connectivity index (χ1n) is 11.2. The summed E-state index contributed by atoms with van der Waals surface area (Å²) in [6.07, 6.45) is 2.92. The Morgan fingerprint density at radius 2 is 1.92 bits per heavy atom. The van der Waals surface area contributed by atoms with Gasteiger partial charge < -0.3 is 24.5 Å². The number of benzene rings is 1. The lowest BCUT2D eigenvalue weighted by Gasteiger charge is -2.36. The number of rotatable bonds is 7. The molecule has 2 N–H and O–H groups in total. The SMILES string of the molecule is CN(CCN1CCN(c2cc([S+](C)[O-])c(F)cc2F)CC1)c1nc(N)n2nc(-c3ccco3)nc2n1. The summed E-state index contributed by atoms with van der Waals surface area (Å²) in [5.74, 6) is 0.340. The molecular formula is C22H25F2N9O2S. The van der Waals surface area contributed by atoms with Gasteiger partial charge in [0.25, 0.3) is 5.78 Å². The highest BCUT2D eigenvalue weighted by Gasteiger charge is 2.24. The largest absolute Gasteiger partial charge is 0.612 e. The third-order valence-corrected chi connectivity index (χ3v) is 7.01. The van der Waals surface area contributed by atoms with Crippen molar-refractivity contribution in [2.75, 3.05) is 68.1 Å². The van der Waals surface area contributed by atoms with Crippen molar-refractivity contribution in [3.05, 3.63) is 42.2 Å². The molecule has 190 valence electrons. The van der Waals surface area contributed by atoms with Crippen LogP contribution in [-0.2, 0) is 11.2 Å². The number of anilines is 3. The van der Waals surface area contributed by atoms with Gasteiger partial charge in [-0.15, -0.1) is 5.10 Å². The van der Waals surface area contributed by atoms with Crippen LogP contribution < -0.4 is 15.5 Å². The van der Waals surface area contributed by atoms with Crippen molar-refractivity contribution in [3.8, 4) is 11.6 Å². The number of furan rings is 1. The van der Waals surface area contributed by atoms with Crippen molar-refractivity contribution in [1.29, 1.82) is 0 Å². The van der Waals surface area contributed by atoms with E-state index in [1.165, 1.54) is 23.1 Å². The summed E-state index contributed by atoms with van der Waals surface area (Å²) in [6.45, 7) is 3.85. The number of hydrogen-bond acceptors (Lipinski definition) is 10. The minimum Gasteiger partial charge on any atom is -0.612 e. The van der Waals surface area contributed by atoms with Crippen LogP contribution in [0.15, 0.2) is 39.8 Å². The Bertz CT molecular complexity index is 1360. The Morgan fingerprint density at radius 3 is 2.61 bits per heavy atom. The molecule has 1 aromatic carbocycles. The lowest BCUT2D eigenvalue weighted by molar-refractivity contribution is 0.262. The summed E-state index contributed by atoms with van der Waals surface area (Å²) < 4.78 is 46.8. The van der Waals surface area contributed by atoms with E-state index in [2.05, 4.69) is 25.0 Å². The van der Waals surface area contributed by atoms with Crippen LogP contribution in [-0.4, -0.2) is 86.6 Å². The topological polar surface area (TPSA) is 128 Å². The third-order valence-electron chi connectivity index (χ3n) is 6.08. The van der Waals surface area contributed by atoms with E-state index < -0.39 is 22.8 Å². The zero-order chi connectivity index (χ0) is 25.4. The second-order valence-corrected chi connectivity index (χ2v) is 9.79. The number of likely N-dealkylation sites (N-methyl/N-ethyl adjacent to an activating group) is 1. The molecule has 3 aromatic heterocycles. The fourth-order valence-corrected chi connectivity index (χ4v) is 4.67. The lowest BCUT2D eigenvalue weighted by Crippen LogP contribution is -2.48. The van der Waals surface area contributed by atoms with Gasteiger partial charge in [0.2, 0.25) is 17.7 Å². The molecule has 0 bridgehead atoms. The molecule has 4 heterocycles. The Kier molecular flexibility index (Phi) is 6.64. The van der Waals surface area contributed by atoms with Gasteiger partial charge >= 0.3 is 0 Å². The predicted octanol–water partition coefficient (Wildman–Crippen LogP) is 1.64. The van der Waals surface area contributed by atoms with Gasteiger partial charge in [-0.25, -0.2) is 8.78 Å². The zero-order valence-electron chi connectivity index (χ0n) is 19.8. The van der Waals surface area contributed by atoms with Gasteiger partial charge in [-0.1, -0.05) is 0 Å². The molecule has 0 saturated carbocycles. The van der Waals surface area contributed by atoms with Crippen LogP contribution >= 0.6 is 0 Å². The van der Waals surface area contributed by atoms with Crippen LogP contribution in [0.3, 0.4) is 0 Å². The van der Waals surface area contributed by atoms with Gasteiger partial charge in [-0.3, -0.25) is 4.90 Å². The fourth-order valence-electron chi connectivity index (χ4n) is 4.06. The molecular weight excluding hydrogens is 492 g/mol. The number of fused-ring (bicyclic) bond motifs is 1. The normalized spacial score (nSPS) is 15.5. The van der Waals surface area contributed by atoms with Gasteiger partial charge in [0.15, 0.2) is 16.5 Å². The Hall–Kier alpha value is -3.49. The number of nitrogen functional groups attached to an aromatic ring is 1. The summed E-state index contributed by atoms with van der Waals surface area (Å²) in [5.41, 5.74) is 6.36. The molecule has 0 amide bonds. The van der Waals surface area contributed by atoms with Crippen molar-refractivity contribution < 1.29 is 17.8 Å². The van der Waals surface area contributed by atoms with Crippen LogP contribution in [0.1, 0.15) is 0 Å². The highest BCUT2D eigenvalue weighted by atomic mass is 32.2. The first kappa shape index (κ1) is 24.2. The van der Waals surface area contributed by atoms with E-state index in [1.54, 1.807) is 12.1 Å². The molecule has 14 heteroatoms. The van der Waals surface area contributed by atoms with Gasteiger partial charge in [-0.2, -0.15) is 19.5 Å². The second-order valence-electron chi connectivity index (χ2n) is 8.44. The van der Waals surface area contributed by atoms with Gasteiger partial charge in [0, 0.05) is 58.4 Å². The number of nitrogens with two attached hydrogens (primary N) is 1. The molecule has 0 radical (unpaired) electrons. The highest BCUT2D eigenvalue weighted by Crippen LogP contribution is 2.27. The van der Waals surface area contributed by atoms with Crippen molar-refractivity contribution in [3.63, 3.8) is 0 Å². The molecule has 11 nitrogen and oxygen atoms in total. The molecule has 1 unspecified atom stereocenters. The fraction of sp³-hybridized carbons (Fsp3) is 0.364. The minimum absolute atomic E-state index is 0.00986. The number of halogens is 2. The molecule has 0 aliphatic carbocycles. The summed E-state index contributed by atoms with van der Waals surface area (Å²) >= 11 is -1.53. The van der Waals surface area contributed by atoms with E-state index in [-0.39, 0.29) is 16.5 Å². The van der Waals surface area contributed by atoms with Crippen molar-refractivity contribution in [1.82, 2.24) is 29.5 Å². The molecule has 1 aliphatic heterocycles. The minimum atomic E-state index is -1.53. The molecule has 1 aliphatic rings. The smallest absolute Gasteiger partial charge is 0.259 e. The van der Waals surface area contributed by atoms with Crippen LogP contribution in [0.2, 0.25) is 0 Å². The average molecular weight is 518 g/mol. The Labute approximate surface area is 208 Å². The van der Waals surface area contributed by atoms with Crippen LogP contribution in [0.4, 0.5) is 26.4 Å². The zero-order valence-corrected chi connectivity index (χ0v) is 20.6. The first-order chi connectivity index (χ1) is 17.3. The summed E-state index contributed by atoms with van der Waals surface area (Å²) in [6, 6.07) is 5.65. The third kappa shape index (κ3) is 4.79. The molecule has 5 rings (SSSR count). The standard InChI is InChI=1S/C22H25F2N9O2S/c1-30(21-27-20(25)33-22(28-21)26-19(29-33)17-4-3-11-35-17)5-6-31-7-9-32(10-8-31)16-13-18(36(2)34)15(24)12-14(16)23/h3-4,11-13H,5-10H2,1-2H3,(H2,25,26,27,28,29). The van der Waals surface area contributed by atoms with Gasteiger partial charge in [-0.05, 0) is 23.3 Å². The van der Waals surface area contributed by atoms with Gasteiger partial charge in [0.05, 0.1) is 12.0 Å². The number of piperazine rings is 1. The summed E-state index contributed by atoms with van der Waals surface area (Å²) in [7, 11) is 1.87. The average Bonchev–Trinajstić information content (AvgIpc) is 3.53. The van der Waals surface area contributed by atoms with Crippen molar-refractivity contribution in [2.45, 2.75) is 4.90 Å². The lowest BCUT2D eigenvalue weighted by atomic mass is 10.2. The number of aromatic nitrogens is 5. The Morgan fingerprint density at radius 1 is 1.14 bits per heavy atom. The van der Waals surface area contributed by atoms with E-state index in [1.807, 2.05) is 16.8 Å². The second kappa shape index (κ2) is 9.87. The van der Waals surface area contributed by atoms with E-state index in [9.17, 15) is 13.3 Å².